The number of amides is 1. The number of hydrogen-bond acceptors (Lipinski definition) is 3. The van der Waals surface area contributed by atoms with Gasteiger partial charge in [0, 0.05) is 25.2 Å². The SMILES string of the molecule is CC(C)c1ccc(C(=O)NCCCN2CCCCS2(=O)=O)cc1. The van der Waals surface area contributed by atoms with Crippen LogP contribution in [0.2, 0.25) is 0 Å². The first-order valence-electron chi connectivity index (χ1n) is 8.26. The molecular weight excluding hydrogens is 312 g/mol. The lowest BCUT2D eigenvalue weighted by atomic mass is 10.0. The van der Waals surface area contributed by atoms with Crippen LogP contribution in [0.3, 0.4) is 0 Å². The van der Waals surface area contributed by atoms with Crippen LogP contribution >= 0.6 is 0 Å². The predicted octanol–water partition coefficient (Wildman–Crippen LogP) is 2.36. The zero-order valence-corrected chi connectivity index (χ0v) is 14.7. The fourth-order valence-corrected chi connectivity index (χ4v) is 4.31. The van der Waals surface area contributed by atoms with Crippen LogP contribution in [0.4, 0.5) is 0 Å². The van der Waals surface area contributed by atoms with E-state index in [1.54, 1.807) is 4.31 Å². The summed E-state index contributed by atoms with van der Waals surface area (Å²) in [6, 6.07) is 7.61. The minimum absolute atomic E-state index is 0.109. The van der Waals surface area contributed by atoms with E-state index in [1.165, 1.54) is 5.56 Å². The van der Waals surface area contributed by atoms with Crippen molar-refractivity contribution in [1.29, 1.82) is 0 Å². The first kappa shape index (κ1) is 17.9. The minimum atomic E-state index is -3.07. The van der Waals surface area contributed by atoms with E-state index in [4.69, 9.17) is 0 Å². The lowest BCUT2D eigenvalue weighted by Gasteiger charge is -2.26. The standard InChI is InChI=1S/C17H26N2O3S/c1-14(2)15-6-8-16(9-7-15)17(20)18-10-5-12-19-11-3-4-13-23(19,21)22/h6-9,14H,3-5,10-13H2,1-2H3,(H,18,20). The van der Waals surface area contributed by atoms with Gasteiger partial charge in [-0.2, -0.15) is 0 Å². The van der Waals surface area contributed by atoms with Gasteiger partial charge in [-0.3, -0.25) is 4.79 Å². The summed E-state index contributed by atoms with van der Waals surface area (Å²) >= 11 is 0. The Kier molecular flexibility index (Phi) is 6.18. The molecule has 1 aromatic carbocycles. The van der Waals surface area contributed by atoms with Crippen molar-refractivity contribution in [2.24, 2.45) is 0 Å². The second kappa shape index (κ2) is 7.93. The monoisotopic (exact) mass is 338 g/mol. The van der Waals surface area contributed by atoms with Crippen molar-refractivity contribution in [3.05, 3.63) is 35.4 Å². The predicted molar refractivity (Wildman–Crippen MR) is 92.1 cm³/mol. The average molecular weight is 338 g/mol. The van der Waals surface area contributed by atoms with Crippen LogP contribution in [0.1, 0.15) is 54.9 Å². The van der Waals surface area contributed by atoms with Crippen molar-refractivity contribution in [3.8, 4) is 0 Å². The molecule has 128 valence electrons. The van der Waals surface area contributed by atoms with Crippen molar-refractivity contribution in [1.82, 2.24) is 9.62 Å². The number of nitrogens with one attached hydrogen (secondary N) is 1. The Bertz CT molecular complexity index is 624. The maximum atomic E-state index is 12.1. The van der Waals surface area contributed by atoms with Crippen molar-refractivity contribution < 1.29 is 13.2 Å². The Morgan fingerprint density at radius 3 is 2.52 bits per heavy atom. The van der Waals surface area contributed by atoms with Crippen molar-refractivity contribution in [2.45, 2.75) is 39.0 Å². The third-order valence-corrected chi connectivity index (χ3v) is 6.12. The normalized spacial score (nSPS) is 18.0. The topological polar surface area (TPSA) is 66.5 Å². The summed E-state index contributed by atoms with van der Waals surface area (Å²) in [6.07, 6.45) is 2.31. The summed E-state index contributed by atoms with van der Waals surface area (Å²) in [5.74, 6) is 0.585. The van der Waals surface area contributed by atoms with E-state index >= 15 is 0 Å². The summed E-state index contributed by atoms with van der Waals surface area (Å²) < 4.78 is 25.3. The molecule has 1 amide bonds. The molecule has 5 nitrogen and oxygen atoms in total. The Balaban J connectivity index is 1.76. The van der Waals surface area contributed by atoms with Crippen LogP contribution in [-0.2, 0) is 10.0 Å². The maximum absolute atomic E-state index is 12.1. The second-order valence-corrected chi connectivity index (χ2v) is 8.40. The van der Waals surface area contributed by atoms with Gasteiger partial charge in [0.1, 0.15) is 0 Å². The first-order chi connectivity index (χ1) is 10.9. The van der Waals surface area contributed by atoms with E-state index in [-0.39, 0.29) is 11.7 Å². The van der Waals surface area contributed by atoms with Gasteiger partial charge in [0.15, 0.2) is 0 Å². The summed E-state index contributed by atoms with van der Waals surface area (Å²) in [7, 11) is -3.07. The van der Waals surface area contributed by atoms with E-state index in [1.807, 2.05) is 24.3 Å². The Morgan fingerprint density at radius 2 is 1.91 bits per heavy atom. The molecular formula is C17H26N2O3S. The highest BCUT2D eigenvalue weighted by Gasteiger charge is 2.24. The van der Waals surface area contributed by atoms with E-state index in [9.17, 15) is 13.2 Å². The zero-order chi connectivity index (χ0) is 16.9. The number of rotatable bonds is 6. The first-order valence-corrected chi connectivity index (χ1v) is 9.87. The quantitative estimate of drug-likeness (QED) is 0.810. The number of benzene rings is 1. The number of sulfonamides is 1. The van der Waals surface area contributed by atoms with Crippen molar-refractivity contribution >= 4 is 15.9 Å². The smallest absolute Gasteiger partial charge is 0.251 e. The number of nitrogens with zero attached hydrogens (tertiary/aromatic N) is 1. The van der Waals surface area contributed by atoms with E-state index < -0.39 is 10.0 Å². The van der Waals surface area contributed by atoms with Gasteiger partial charge < -0.3 is 5.32 Å². The highest BCUT2D eigenvalue weighted by Crippen LogP contribution is 2.15. The molecule has 23 heavy (non-hydrogen) atoms. The third-order valence-electron chi connectivity index (χ3n) is 4.16. The van der Waals surface area contributed by atoms with E-state index in [0.29, 0.717) is 37.5 Å². The number of carbonyl (C=O) groups excluding carboxylic acids is 1. The van der Waals surface area contributed by atoms with Gasteiger partial charge in [-0.25, -0.2) is 12.7 Å². The number of carbonyl (C=O) groups is 1. The molecule has 0 bridgehead atoms. The van der Waals surface area contributed by atoms with Crippen LogP contribution in [0.15, 0.2) is 24.3 Å². The molecule has 2 rings (SSSR count). The summed E-state index contributed by atoms with van der Waals surface area (Å²) in [5, 5.41) is 2.85. The Morgan fingerprint density at radius 1 is 1.22 bits per heavy atom. The minimum Gasteiger partial charge on any atom is -0.352 e. The highest BCUT2D eigenvalue weighted by atomic mass is 32.2. The molecule has 1 aliphatic heterocycles. The van der Waals surface area contributed by atoms with Crippen LogP contribution in [0.25, 0.3) is 0 Å². The van der Waals surface area contributed by atoms with Gasteiger partial charge in [0.05, 0.1) is 5.75 Å². The molecule has 1 fully saturated rings. The fraction of sp³-hybridized carbons (Fsp3) is 0.588. The molecule has 1 aliphatic rings. The summed E-state index contributed by atoms with van der Waals surface area (Å²) in [4.78, 5) is 12.1. The Labute approximate surface area is 139 Å². The molecule has 0 atom stereocenters. The molecule has 1 N–H and O–H groups in total. The fourth-order valence-electron chi connectivity index (χ4n) is 2.67. The average Bonchev–Trinajstić information content (AvgIpc) is 2.52. The van der Waals surface area contributed by atoms with Gasteiger partial charge in [0.2, 0.25) is 10.0 Å². The van der Waals surface area contributed by atoms with Crippen LogP contribution in [0.5, 0.6) is 0 Å². The molecule has 1 aromatic rings. The summed E-state index contributed by atoms with van der Waals surface area (Å²) in [5.41, 5.74) is 1.84. The largest absolute Gasteiger partial charge is 0.352 e. The van der Waals surface area contributed by atoms with Gasteiger partial charge in [-0.15, -0.1) is 0 Å². The third kappa shape index (κ3) is 5.04. The van der Waals surface area contributed by atoms with Gasteiger partial charge in [-0.05, 0) is 42.9 Å². The Hall–Kier alpha value is -1.40. The zero-order valence-electron chi connectivity index (χ0n) is 13.9. The lowest BCUT2D eigenvalue weighted by molar-refractivity contribution is 0.0952. The molecule has 6 heteroatoms. The van der Waals surface area contributed by atoms with Crippen LogP contribution in [-0.4, -0.2) is 44.0 Å². The number of hydrogen-bond donors (Lipinski definition) is 1. The van der Waals surface area contributed by atoms with Crippen molar-refractivity contribution in [2.75, 3.05) is 25.4 Å². The summed E-state index contributed by atoms with van der Waals surface area (Å²) in [6.45, 7) is 5.80. The molecule has 0 aromatic heterocycles. The molecule has 0 saturated carbocycles. The van der Waals surface area contributed by atoms with Crippen molar-refractivity contribution in [3.63, 3.8) is 0 Å². The van der Waals surface area contributed by atoms with E-state index in [0.717, 1.165) is 12.8 Å². The van der Waals surface area contributed by atoms with Crippen LogP contribution < -0.4 is 5.32 Å². The highest BCUT2D eigenvalue weighted by molar-refractivity contribution is 7.89. The second-order valence-electron chi connectivity index (χ2n) is 6.31. The lowest BCUT2D eigenvalue weighted by Crippen LogP contribution is -2.39. The molecule has 1 heterocycles. The molecule has 1 saturated heterocycles. The van der Waals surface area contributed by atoms with E-state index in [2.05, 4.69) is 19.2 Å². The maximum Gasteiger partial charge on any atom is 0.251 e. The molecule has 0 unspecified atom stereocenters. The van der Waals surface area contributed by atoms with Crippen LogP contribution in [0, 0.1) is 0 Å². The molecule has 0 spiro atoms. The van der Waals surface area contributed by atoms with Gasteiger partial charge >= 0.3 is 0 Å². The molecule has 0 radical (unpaired) electrons. The van der Waals surface area contributed by atoms with Gasteiger partial charge in [-0.1, -0.05) is 26.0 Å². The molecule has 0 aliphatic carbocycles. The van der Waals surface area contributed by atoms with Gasteiger partial charge in [0.25, 0.3) is 5.91 Å².